The van der Waals surface area contributed by atoms with Crippen LogP contribution in [0, 0.1) is 23.7 Å². The Labute approximate surface area is 193 Å². The van der Waals surface area contributed by atoms with Gasteiger partial charge >= 0.3 is 0 Å². The normalized spacial score (nSPS) is 32.8. The van der Waals surface area contributed by atoms with Crippen LogP contribution in [0.2, 0.25) is 0 Å². The van der Waals surface area contributed by atoms with Crippen LogP contribution >= 0.6 is 0 Å². The third-order valence-electron chi connectivity index (χ3n) is 8.92. The lowest BCUT2D eigenvalue weighted by Gasteiger charge is -2.50. The van der Waals surface area contributed by atoms with Gasteiger partial charge in [-0.15, -0.1) is 0 Å². The lowest BCUT2D eigenvalue weighted by Crippen LogP contribution is -2.63. The Morgan fingerprint density at radius 3 is 2.44 bits per heavy atom. The Morgan fingerprint density at radius 2 is 1.75 bits per heavy atom. The minimum atomic E-state index is -0.640. The summed E-state index contributed by atoms with van der Waals surface area (Å²) in [6.07, 6.45) is 11.2. The van der Waals surface area contributed by atoms with Crippen molar-refractivity contribution in [2.75, 3.05) is 6.54 Å². The summed E-state index contributed by atoms with van der Waals surface area (Å²) in [4.78, 5) is 29.3. The van der Waals surface area contributed by atoms with Gasteiger partial charge in [-0.1, -0.05) is 51.0 Å². The van der Waals surface area contributed by atoms with E-state index in [1.807, 2.05) is 0 Å². The molecule has 0 unspecified atom stereocenters. The van der Waals surface area contributed by atoms with Crippen molar-refractivity contribution in [1.29, 1.82) is 0 Å². The van der Waals surface area contributed by atoms with E-state index in [0.717, 1.165) is 57.9 Å². The van der Waals surface area contributed by atoms with E-state index in [1.54, 1.807) is 0 Å². The van der Waals surface area contributed by atoms with Gasteiger partial charge in [-0.3, -0.25) is 9.59 Å². The molecule has 2 amide bonds. The number of carbonyl (C=O) groups is 2. The largest absolute Gasteiger partial charge is 0.351 e. The molecule has 3 aliphatic carbocycles. The van der Waals surface area contributed by atoms with Crippen molar-refractivity contribution in [2.24, 2.45) is 23.7 Å². The van der Waals surface area contributed by atoms with Crippen molar-refractivity contribution in [3.8, 4) is 0 Å². The molecule has 1 aliphatic heterocycles. The predicted molar refractivity (Wildman–Crippen MR) is 127 cm³/mol. The molecular weight excluding hydrogens is 396 g/mol. The fourth-order valence-corrected chi connectivity index (χ4v) is 7.37. The summed E-state index contributed by atoms with van der Waals surface area (Å²) >= 11 is 0. The van der Waals surface area contributed by atoms with Crippen molar-refractivity contribution in [2.45, 2.75) is 96.1 Å². The fourth-order valence-electron chi connectivity index (χ4n) is 7.37. The van der Waals surface area contributed by atoms with E-state index in [0.29, 0.717) is 36.1 Å². The zero-order valence-electron chi connectivity index (χ0n) is 19.9. The van der Waals surface area contributed by atoms with E-state index in [-0.39, 0.29) is 11.8 Å². The Bertz CT molecular complexity index is 859. The van der Waals surface area contributed by atoms with Gasteiger partial charge in [0.15, 0.2) is 0 Å². The Kier molecular flexibility index (Phi) is 6.07. The van der Waals surface area contributed by atoms with Crippen molar-refractivity contribution in [3.05, 3.63) is 35.4 Å². The molecule has 1 saturated heterocycles. The average molecular weight is 437 g/mol. The number of amides is 2. The van der Waals surface area contributed by atoms with Crippen LogP contribution in [0.4, 0.5) is 0 Å². The first-order valence-corrected chi connectivity index (χ1v) is 13.1. The Balaban J connectivity index is 1.42. The van der Waals surface area contributed by atoms with Crippen LogP contribution in [-0.2, 0) is 22.4 Å². The maximum absolute atomic E-state index is 14.0. The Hall–Kier alpha value is -1.84. The van der Waals surface area contributed by atoms with E-state index < -0.39 is 5.54 Å². The van der Waals surface area contributed by atoms with Crippen LogP contribution in [-0.4, -0.2) is 34.8 Å². The van der Waals surface area contributed by atoms with Crippen molar-refractivity contribution >= 4 is 11.8 Å². The van der Waals surface area contributed by atoms with Gasteiger partial charge in [0.05, 0.1) is 0 Å². The zero-order valence-corrected chi connectivity index (χ0v) is 19.9. The Morgan fingerprint density at radius 1 is 1.06 bits per heavy atom. The minimum Gasteiger partial charge on any atom is -0.351 e. The molecular formula is C28H40N2O2. The van der Waals surface area contributed by atoms with Crippen molar-refractivity contribution in [3.63, 3.8) is 0 Å². The van der Waals surface area contributed by atoms with E-state index in [4.69, 9.17) is 0 Å². The lowest BCUT2D eigenvalue weighted by molar-refractivity contribution is -0.150. The minimum absolute atomic E-state index is 0.153. The van der Waals surface area contributed by atoms with Gasteiger partial charge in [-0.25, -0.2) is 0 Å². The first kappa shape index (κ1) is 22.0. The summed E-state index contributed by atoms with van der Waals surface area (Å²) in [5, 5.41) is 3.42. The highest BCUT2D eigenvalue weighted by atomic mass is 16.2. The number of rotatable bonds is 5. The zero-order chi connectivity index (χ0) is 22.3. The lowest BCUT2D eigenvalue weighted by atomic mass is 9.62. The van der Waals surface area contributed by atoms with Gasteiger partial charge in [-0.05, 0) is 86.2 Å². The van der Waals surface area contributed by atoms with Crippen molar-refractivity contribution in [1.82, 2.24) is 10.2 Å². The second-order valence-corrected chi connectivity index (χ2v) is 11.6. The molecule has 1 N–H and O–H groups in total. The highest BCUT2D eigenvalue weighted by molar-refractivity contribution is 5.92. The van der Waals surface area contributed by atoms with Crippen LogP contribution in [0.1, 0.15) is 82.8 Å². The molecule has 4 atom stereocenters. The van der Waals surface area contributed by atoms with Gasteiger partial charge in [0.2, 0.25) is 11.8 Å². The molecule has 1 aromatic carbocycles. The smallest absolute Gasteiger partial charge is 0.246 e. The number of carbonyl (C=O) groups excluding carboxylic acids is 2. The number of hydrogen-bond acceptors (Lipinski definition) is 2. The average Bonchev–Trinajstić information content (AvgIpc) is 3.41. The number of benzene rings is 1. The van der Waals surface area contributed by atoms with Gasteiger partial charge in [0, 0.05) is 19.0 Å². The predicted octanol–water partition coefficient (Wildman–Crippen LogP) is 4.89. The summed E-state index contributed by atoms with van der Waals surface area (Å²) in [7, 11) is 0. The monoisotopic (exact) mass is 436 g/mol. The molecule has 0 bridgehead atoms. The topological polar surface area (TPSA) is 49.4 Å². The molecule has 0 spiro atoms. The summed E-state index contributed by atoms with van der Waals surface area (Å²) in [6.45, 7) is 5.24. The summed E-state index contributed by atoms with van der Waals surface area (Å²) in [6, 6.07) is 9.14. The molecule has 4 nitrogen and oxygen atoms in total. The number of hydrogen-bond donors (Lipinski definition) is 1. The second kappa shape index (κ2) is 8.83. The summed E-state index contributed by atoms with van der Waals surface area (Å²) in [5.41, 5.74) is 2.30. The van der Waals surface area contributed by atoms with Gasteiger partial charge in [-0.2, -0.15) is 0 Å². The SMILES string of the molecule is CC(C)C[C@H]1CC(=O)N([C@]2(C(=O)NC3CCCC3)CC[C@@H]3Cc4ccccc4C[C@H]3C2)C1. The van der Waals surface area contributed by atoms with E-state index >= 15 is 0 Å². The van der Waals surface area contributed by atoms with Crippen molar-refractivity contribution < 1.29 is 9.59 Å². The standard InChI is InChI=1S/C28H40N2O2/c1-19(2)13-20-14-26(31)30(18-20)28(27(32)29-25-9-5-6-10-25)12-11-23-15-21-7-3-4-8-22(21)16-24(23)17-28/h3-4,7-8,19-20,23-25H,5-6,9-18H2,1-2H3,(H,29,32)/t20-,23+,24-,28+/m0/s1. The van der Waals surface area contributed by atoms with Crippen LogP contribution in [0.3, 0.4) is 0 Å². The maximum Gasteiger partial charge on any atom is 0.246 e. The highest BCUT2D eigenvalue weighted by Crippen LogP contribution is 2.48. The molecule has 1 heterocycles. The fraction of sp³-hybridized carbons (Fsp3) is 0.714. The summed E-state index contributed by atoms with van der Waals surface area (Å²) in [5.74, 6) is 2.48. The van der Waals surface area contributed by atoms with E-state index in [9.17, 15) is 9.59 Å². The van der Waals surface area contributed by atoms with E-state index in [2.05, 4.69) is 48.3 Å². The van der Waals surface area contributed by atoms with Crippen LogP contribution in [0.15, 0.2) is 24.3 Å². The third-order valence-corrected chi connectivity index (χ3v) is 8.92. The molecule has 0 aromatic heterocycles. The third kappa shape index (κ3) is 4.10. The quantitative estimate of drug-likeness (QED) is 0.714. The second-order valence-electron chi connectivity index (χ2n) is 11.6. The first-order valence-electron chi connectivity index (χ1n) is 13.1. The van der Waals surface area contributed by atoms with Crippen LogP contribution in [0.25, 0.3) is 0 Å². The highest BCUT2D eigenvalue weighted by Gasteiger charge is 2.54. The molecule has 32 heavy (non-hydrogen) atoms. The number of fused-ring (bicyclic) bond motifs is 2. The molecule has 2 saturated carbocycles. The molecule has 0 radical (unpaired) electrons. The molecule has 4 aliphatic rings. The molecule has 1 aromatic rings. The maximum atomic E-state index is 14.0. The number of nitrogens with one attached hydrogen (secondary N) is 1. The summed E-state index contributed by atoms with van der Waals surface area (Å²) < 4.78 is 0. The van der Waals surface area contributed by atoms with Gasteiger partial charge in [0.25, 0.3) is 0 Å². The van der Waals surface area contributed by atoms with Crippen LogP contribution in [0.5, 0.6) is 0 Å². The van der Waals surface area contributed by atoms with Gasteiger partial charge in [0.1, 0.15) is 5.54 Å². The molecule has 174 valence electrons. The van der Waals surface area contributed by atoms with Gasteiger partial charge < -0.3 is 10.2 Å². The number of likely N-dealkylation sites (tertiary alicyclic amines) is 1. The van der Waals surface area contributed by atoms with E-state index in [1.165, 1.54) is 24.0 Å². The van der Waals surface area contributed by atoms with Crippen LogP contribution < -0.4 is 5.32 Å². The molecule has 5 rings (SSSR count). The molecule has 3 fully saturated rings. The first-order chi connectivity index (χ1) is 15.4. The molecule has 4 heteroatoms. The number of nitrogens with zero attached hydrogens (tertiary/aromatic N) is 1.